The van der Waals surface area contributed by atoms with Crippen molar-refractivity contribution in [3.63, 3.8) is 0 Å². The summed E-state index contributed by atoms with van der Waals surface area (Å²) in [6.45, 7) is 49.3. The average Bonchev–Trinajstić information content (AvgIpc) is 3.78. The molecule has 4 heterocycles. The van der Waals surface area contributed by atoms with Crippen LogP contribution in [0, 0.1) is 31.1 Å². The molecule has 4 fully saturated rings. The van der Waals surface area contributed by atoms with E-state index < -0.39 is 49.4 Å². The van der Waals surface area contributed by atoms with Gasteiger partial charge in [-0.2, -0.15) is 0 Å². The van der Waals surface area contributed by atoms with Crippen molar-refractivity contribution in [3.05, 3.63) is 45.9 Å². The fraction of sp³-hybridized carbons (Fsp3) is 1.00. The number of nitrogens with zero attached hydrogens (tertiary/aromatic N) is 9. The van der Waals surface area contributed by atoms with E-state index in [2.05, 4.69) is 118 Å². The van der Waals surface area contributed by atoms with Gasteiger partial charge in [0, 0.05) is 52.9 Å². The van der Waals surface area contributed by atoms with Crippen LogP contribution in [-0.2, 0) is 18.9 Å². The van der Waals surface area contributed by atoms with E-state index in [9.17, 15) is 0 Å². The molecule has 4 aliphatic heterocycles. The van der Waals surface area contributed by atoms with Crippen molar-refractivity contribution in [2.45, 2.75) is 169 Å². The third-order valence-corrected chi connectivity index (χ3v) is 21.4. The molecule has 21 heteroatoms. The normalized spacial score (nSPS) is 15.9. The van der Waals surface area contributed by atoms with Gasteiger partial charge in [0.05, 0.1) is 0 Å². The molecular weight excluding hydrogens is 1030 g/mol. The predicted octanol–water partition coefficient (Wildman–Crippen LogP) is 11.0. The Labute approximate surface area is 393 Å². The zero-order valence-electron chi connectivity index (χ0n) is 39.5. The van der Waals surface area contributed by atoms with Gasteiger partial charge in [-0.1, -0.05) is 167 Å². The Hall–Kier alpha value is 1.69. The van der Waals surface area contributed by atoms with Crippen LogP contribution in [0.25, 0.3) is 45.9 Å². The van der Waals surface area contributed by atoms with Crippen LogP contribution in [0.4, 0.5) is 0 Å². The molecule has 320 valence electrons. The van der Waals surface area contributed by atoms with Crippen LogP contribution < -0.4 is 29.6 Å². The minimum absolute atomic E-state index is 0. The number of hydrogen-bond donors (Lipinski definition) is 0. The molecule has 0 amide bonds. The van der Waals surface area contributed by atoms with E-state index in [4.69, 9.17) is 55.0 Å². The molecule has 4 saturated heterocycles. The molecule has 0 aromatic rings. The first-order valence-electron chi connectivity index (χ1n) is 19.5. The van der Waals surface area contributed by atoms with Gasteiger partial charge >= 0.3 is 60.7 Å². The van der Waals surface area contributed by atoms with Gasteiger partial charge < -0.3 is 55.0 Å². The van der Waals surface area contributed by atoms with Crippen molar-refractivity contribution in [2.75, 3.05) is 52.9 Å². The molecule has 0 aliphatic carbocycles. The van der Waals surface area contributed by atoms with Gasteiger partial charge in [-0.05, 0) is 51.4 Å². The maximum atomic E-state index is 6.75. The molecule has 0 radical (unpaired) electrons. The molecule has 0 unspecified atom stereocenters. The summed E-state index contributed by atoms with van der Waals surface area (Å²) < 4.78 is 34.2. The van der Waals surface area contributed by atoms with Crippen molar-refractivity contribution in [1.82, 2.24) is 0 Å². The standard InChI is InChI=1S/3C6H18NSi2.4C4H8O.2N3.Na.U/c3*1-8(2,3)7-9(4,5)6;4*1-2-4-5-3-1;2*1-3-2;;/h3*1-6H3;4*1-4H2;;;;/q3*-1;;;;;2*-1;+1;+4. The van der Waals surface area contributed by atoms with E-state index in [1.54, 1.807) is 0 Å². The van der Waals surface area contributed by atoms with E-state index in [0.29, 0.717) is 0 Å². The predicted molar refractivity (Wildman–Crippen MR) is 251 cm³/mol. The maximum absolute atomic E-state index is 6.75. The first kappa shape index (κ1) is 71.2. The van der Waals surface area contributed by atoms with E-state index in [1.165, 1.54) is 61.2 Å². The molecule has 0 atom stereocenters. The van der Waals surface area contributed by atoms with Crippen LogP contribution in [0.2, 0.25) is 118 Å². The second kappa shape index (κ2) is 42.4. The monoisotopic (exact) mass is 1110 g/mol. The van der Waals surface area contributed by atoms with Gasteiger partial charge in [0.15, 0.2) is 0 Å². The summed E-state index contributed by atoms with van der Waals surface area (Å²) in [7, 11) is -6.64. The van der Waals surface area contributed by atoms with Crippen LogP contribution in [0.1, 0.15) is 51.4 Å². The first-order chi connectivity index (χ1) is 23.9. The summed E-state index contributed by atoms with van der Waals surface area (Å²) >= 11 is 0. The SMILES string of the molecule is C1CCOC1.C1CCOC1.C1CCOC1.C1CCOC1.C[Si](C)(C)[N-][Si](C)(C)C.C[Si](C)(C)[N-][Si](C)(C)C.C[Si](C)(C)[N-][Si](C)(C)C.[N-]=[N+]=[N-].[N-]=[N+]=[N-].[Na+].[U+4]. The summed E-state index contributed by atoms with van der Waals surface area (Å²) in [5.74, 6) is 0. The Balaban J connectivity index is -0.0000000959. The number of ether oxygens (including phenoxy) is 4. The minimum Gasteiger partial charge on any atom is -0.668 e. The summed E-state index contributed by atoms with van der Waals surface area (Å²) in [5.41, 5.74) is 27.0. The Morgan fingerprint density at radius 1 is 0.309 bits per heavy atom. The molecule has 0 spiro atoms. The van der Waals surface area contributed by atoms with Crippen LogP contribution in [-0.4, -0.2) is 102 Å². The fourth-order valence-electron chi connectivity index (χ4n) is 5.06. The maximum Gasteiger partial charge on any atom is 4.00 e. The summed E-state index contributed by atoms with van der Waals surface area (Å²) in [5, 5.41) is 0. The summed E-state index contributed by atoms with van der Waals surface area (Å²) in [6, 6.07) is 0. The zero-order chi connectivity index (χ0) is 42.7. The third kappa shape index (κ3) is 102. The van der Waals surface area contributed by atoms with Gasteiger partial charge in [-0.25, -0.2) is 0 Å². The van der Waals surface area contributed by atoms with Crippen LogP contribution in [0.15, 0.2) is 0 Å². The topological polar surface area (TPSA) is 197 Å². The second-order valence-corrected chi connectivity index (χ2v) is 47.6. The van der Waals surface area contributed by atoms with Crippen molar-refractivity contribution in [1.29, 1.82) is 0 Å². The van der Waals surface area contributed by atoms with Crippen LogP contribution in [0.3, 0.4) is 0 Å². The molecular formula is C34H86N9NaO4Si6U. The van der Waals surface area contributed by atoms with Crippen molar-refractivity contribution >= 4 is 49.4 Å². The smallest absolute Gasteiger partial charge is 0.668 e. The van der Waals surface area contributed by atoms with E-state index in [1.807, 2.05) is 0 Å². The molecule has 0 N–H and O–H groups in total. The molecule has 4 rings (SSSR count). The van der Waals surface area contributed by atoms with Crippen LogP contribution >= 0.6 is 0 Å². The van der Waals surface area contributed by atoms with Gasteiger partial charge in [-0.3, -0.25) is 9.82 Å². The van der Waals surface area contributed by atoms with Gasteiger partial charge in [0.1, 0.15) is 0 Å². The number of hydrogen-bond acceptors (Lipinski definition) is 4. The quantitative estimate of drug-likeness (QED) is 0.110. The molecule has 4 aliphatic rings. The molecule has 0 bridgehead atoms. The third-order valence-electron chi connectivity index (χ3n) is 5.32. The van der Waals surface area contributed by atoms with Gasteiger partial charge in [0.25, 0.3) is 0 Å². The Morgan fingerprint density at radius 3 is 0.418 bits per heavy atom. The van der Waals surface area contributed by atoms with Crippen molar-refractivity contribution < 1.29 is 79.6 Å². The molecule has 0 saturated carbocycles. The van der Waals surface area contributed by atoms with Crippen molar-refractivity contribution in [2.24, 2.45) is 0 Å². The zero-order valence-corrected chi connectivity index (χ0v) is 51.6. The van der Waals surface area contributed by atoms with Crippen LogP contribution in [0.5, 0.6) is 0 Å². The summed E-state index contributed by atoms with van der Waals surface area (Å²) in [4.78, 5) is 3.00. The largest absolute Gasteiger partial charge is 4.00 e. The first-order valence-corrected chi connectivity index (χ1v) is 40.1. The van der Waals surface area contributed by atoms with Gasteiger partial charge in [-0.15, -0.1) is 0 Å². The number of rotatable bonds is 6. The summed E-state index contributed by atoms with van der Waals surface area (Å²) in [6.07, 6.45) is 10.2. The molecule has 0 aromatic heterocycles. The Kier molecular flexibility index (Phi) is 54.9. The molecule has 0 aromatic carbocycles. The minimum atomic E-state index is -1.11. The van der Waals surface area contributed by atoms with Crippen molar-refractivity contribution in [3.8, 4) is 0 Å². The second-order valence-electron chi connectivity index (χ2n) is 18.8. The Morgan fingerprint density at radius 2 is 0.400 bits per heavy atom. The fourth-order valence-corrected chi connectivity index (χ4v) is 29.2. The van der Waals surface area contributed by atoms with Gasteiger partial charge in [0.2, 0.25) is 0 Å². The Bertz CT molecular complexity index is 693. The molecule has 55 heavy (non-hydrogen) atoms. The van der Waals surface area contributed by atoms with E-state index in [-0.39, 0.29) is 60.7 Å². The van der Waals surface area contributed by atoms with E-state index in [0.717, 1.165) is 52.9 Å². The van der Waals surface area contributed by atoms with E-state index >= 15 is 0 Å². The molecule has 13 nitrogen and oxygen atoms in total. The average molecular weight is 1110 g/mol.